The number of sulfonamides is 1. The molecule has 0 saturated carbocycles. The summed E-state index contributed by atoms with van der Waals surface area (Å²) in [5, 5.41) is 53.6. The van der Waals surface area contributed by atoms with E-state index in [0.717, 1.165) is 19.4 Å². The molecule has 0 spiro atoms. The van der Waals surface area contributed by atoms with Crippen LogP contribution in [-0.2, 0) is 10.0 Å². The maximum absolute atomic E-state index is 12.5. The normalized spacial score (nSPS) is 18.0. The quantitative estimate of drug-likeness (QED) is 0.218. The van der Waals surface area contributed by atoms with Gasteiger partial charge in [-0.1, -0.05) is 30.3 Å². The Morgan fingerprint density at radius 3 is 2.30 bits per heavy atom. The van der Waals surface area contributed by atoms with Crippen LogP contribution in [0.2, 0.25) is 0 Å². The van der Waals surface area contributed by atoms with Crippen molar-refractivity contribution in [3.63, 3.8) is 0 Å². The smallest absolute Gasteiger partial charge is 0.309 e. The van der Waals surface area contributed by atoms with Crippen LogP contribution >= 0.6 is 0 Å². The maximum atomic E-state index is 12.5. The minimum absolute atomic E-state index is 0.0803. The molecule has 30 heavy (non-hydrogen) atoms. The van der Waals surface area contributed by atoms with Gasteiger partial charge in [0, 0.05) is 0 Å². The molecule has 0 radical (unpaired) electrons. The largest absolute Gasteiger partial charge is 0.431 e. The third-order valence-electron chi connectivity index (χ3n) is 4.12. The Morgan fingerprint density at radius 2 is 1.77 bits per heavy atom. The number of amides is 1. The zero-order chi connectivity index (χ0) is 22.7. The molecule has 1 unspecified atom stereocenters. The second-order valence-corrected chi connectivity index (χ2v) is 8.43. The molecule has 0 aliphatic rings. The van der Waals surface area contributed by atoms with E-state index < -0.39 is 57.8 Å². The summed E-state index contributed by atoms with van der Waals surface area (Å²) < 4.78 is 29.1. The molecule has 12 nitrogen and oxygen atoms in total. The summed E-state index contributed by atoms with van der Waals surface area (Å²) in [7, 11) is -3.74. The van der Waals surface area contributed by atoms with Crippen molar-refractivity contribution in [1.29, 1.82) is 0 Å². The van der Waals surface area contributed by atoms with Gasteiger partial charge in [-0.2, -0.15) is 4.98 Å². The van der Waals surface area contributed by atoms with Gasteiger partial charge in [-0.3, -0.25) is 4.79 Å². The predicted molar refractivity (Wildman–Crippen MR) is 102 cm³/mol. The lowest BCUT2D eigenvalue weighted by Crippen LogP contribution is -2.65. The van der Waals surface area contributed by atoms with Crippen LogP contribution in [0, 0.1) is 0 Å². The lowest BCUT2D eigenvalue weighted by atomic mass is 9.89. The Hall–Kier alpha value is -2.55. The summed E-state index contributed by atoms with van der Waals surface area (Å²) in [4.78, 5) is 16.1. The van der Waals surface area contributed by atoms with Crippen molar-refractivity contribution in [3.8, 4) is 0 Å². The van der Waals surface area contributed by atoms with E-state index in [1.807, 2.05) is 10.0 Å². The van der Waals surface area contributed by atoms with E-state index in [1.165, 1.54) is 24.3 Å². The number of carbonyl (C=O) groups excluding carboxylic acids is 1. The van der Waals surface area contributed by atoms with Crippen LogP contribution in [0.4, 0.5) is 6.01 Å². The van der Waals surface area contributed by atoms with Gasteiger partial charge in [-0.25, -0.2) is 13.1 Å². The zero-order valence-corrected chi connectivity index (χ0v) is 16.8. The fraction of sp³-hybridized carbons (Fsp3) is 0.412. The first-order valence-corrected chi connectivity index (χ1v) is 10.5. The van der Waals surface area contributed by atoms with Crippen LogP contribution in [0.3, 0.4) is 0 Å². The van der Waals surface area contributed by atoms with E-state index in [-0.39, 0.29) is 5.56 Å². The minimum atomic E-state index is -3.74. The average Bonchev–Trinajstić information content (AvgIpc) is 3.13. The first kappa shape index (κ1) is 23.7. The fourth-order valence-corrected chi connectivity index (χ4v) is 2.96. The molecule has 1 aromatic heterocycles. The molecule has 0 saturated heterocycles. The predicted octanol–water partition coefficient (Wildman–Crippen LogP) is -1.70. The van der Waals surface area contributed by atoms with Crippen LogP contribution in [0.1, 0.15) is 29.1 Å². The van der Waals surface area contributed by atoms with E-state index in [4.69, 9.17) is 4.42 Å². The molecule has 0 bridgehead atoms. The lowest BCUT2D eigenvalue weighted by molar-refractivity contribution is -0.203. The van der Waals surface area contributed by atoms with Crippen LogP contribution in [-0.4, -0.2) is 75.1 Å². The van der Waals surface area contributed by atoms with E-state index in [2.05, 4.69) is 4.98 Å². The third-order valence-corrected chi connectivity index (χ3v) is 4.67. The highest BCUT2D eigenvalue weighted by Gasteiger charge is 2.49. The molecule has 13 heteroatoms. The van der Waals surface area contributed by atoms with E-state index in [0.29, 0.717) is 0 Å². The van der Waals surface area contributed by atoms with Gasteiger partial charge < -0.3 is 35.3 Å². The molecule has 0 fully saturated rings. The molecule has 1 aromatic carbocycles. The number of oxazole rings is 1. The highest BCUT2D eigenvalue weighted by molar-refractivity contribution is 7.91. The summed E-state index contributed by atoms with van der Waals surface area (Å²) in [6.45, 7) is 1.13. The SMILES string of the molecule is C[C@@H](O)[C@@H](O)[C@H](O)[C@](O)(NC(=O)c1coc(NS(C)(=O)=O)n1)C(O)c1ccccc1. The van der Waals surface area contributed by atoms with Gasteiger partial charge in [0.15, 0.2) is 11.4 Å². The van der Waals surface area contributed by atoms with Crippen LogP contribution in [0.25, 0.3) is 0 Å². The number of aliphatic hydroxyl groups is 5. The number of aromatic nitrogens is 1. The number of nitrogens with one attached hydrogen (secondary N) is 2. The van der Waals surface area contributed by atoms with Crippen molar-refractivity contribution < 1.29 is 43.2 Å². The van der Waals surface area contributed by atoms with Gasteiger partial charge >= 0.3 is 6.01 Å². The highest BCUT2D eigenvalue weighted by atomic mass is 32.2. The Morgan fingerprint density at radius 1 is 1.17 bits per heavy atom. The molecule has 1 heterocycles. The molecule has 2 aromatic rings. The second-order valence-electron chi connectivity index (χ2n) is 6.68. The number of nitrogens with zero attached hydrogens (tertiary/aromatic N) is 1. The fourth-order valence-electron chi connectivity index (χ4n) is 2.55. The first-order valence-electron chi connectivity index (χ1n) is 8.60. The van der Waals surface area contributed by atoms with Crippen molar-refractivity contribution in [2.24, 2.45) is 0 Å². The van der Waals surface area contributed by atoms with Gasteiger partial charge in [0.2, 0.25) is 10.0 Å². The first-order chi connectivity index (χ1) is 13.8. The molecule has 7 N–H and O–H groups in total. The topological polar surface area (TPSA) is 202 Å². The van der Waals surface area contributed by atoms with Crippen LogP contribution < -0.4 is 10.0 Å². The number of rotatable bonds is 9. The molecular formula is C17H23N3O9S. The van der Waals surface area contributed by atoms with Crippen molar-refractivity contribution in [3.05, 3.63) is 47.9 Å². The zero-order valence-electron chi connectivity index (χ0n) is 16.0. The van der Waals surface area contributed by atoms with E-state index in [1.54, 1.807) is 6.07 Å². The van der Waals surface area contributed by atoms with Gasteiger partial charge in [0.25, 0.3) is 5.91 Å². The number of hydrogen-bond donors (Lipinski definition) is 7. The summed E-state index contributed by atoms with van der Waals surface area (Å²) in [6, 6.07) is 6.94. The molecule has 166 valence electrons. The Balaban J connectivity index is 2.36. The van der Waals surface area contributed by atoms with E-state index >= 15 is 0 Å². The van der Waals surface area contributed by atoms with Crippen LogP contribution in [0.15, 0.2) is 41.0 Å². The number of aliphatic hydroxyl groups excluding tert-OH is 4. The van der Waals surface area contributed by atoms with Gasteiger partial charge in [0.1, 0.15) is 24.6 Å². The average molecular weight is 445 g/mol. The van der Waals surface area contributed by atoms with Gasteiger partial charge in [-0.05, 0) is 12.5 Å². The van der Waals surface area contributed by atoms with Crippen molar-refractivity contribution in [1.82, 2.24) is 10.3 Å². The number of benzene rings is 1. The number of hydrogen-bond acceptors (Lipinski definition) is 10. The minimum Gasteiger partial charge on any atom is -0.431 e. The van der Waals surface area contributed by atoms with Crippen molar-refractivity contribution in [2.45, 2.75) is 37.1 Å². The summed E-state index contributed by atoms with van der Waals surface area (Å²) in [5.74, 6) is -1.17. The van der Waals surface area contributed by atoms with Gasteiger partial charge in [0.05, 0.1) is 12.4 Å². The van der Waals surface area contributed by atoms with Crippen molar-refractivity contribution in [2.75, 3.05) is 11.0 Å². The van der Waals surface area contributed by atoms with Gasteiger partial charge in [-0.15, -0.1) is 0 Å². The Labute approximate surface area is 171 Å². The number of anilines is 1. The lowest BCUT2D eigenvalue weighted by Gasteiger charge is -2.40. The summed E-state index contributed by atoms with van der Waals surface area (Å²) in [5.41, 5.74) is -3.30. The number of carbonyl (C=O) groups is 1. The molecule has 1 amide bonds. The standard InChI is InChI=1S/C17H23N3O9S/c1-9(21)12(22)14(24)17(26,13(23)10-6-4-3-5-7-10)19-15(25)11-8-29-16(18-11)20-30(2,27)28/h3-9,12-14,21-24,26H,1-2H3,(H,18,20)(H,19,25)/t9-,12-,13?,14+,17+/m1/s1. The maximum Gasteiger partial charge on any atom is 0.309 e. The van der Waals surface area contributed by atoms with Crippen LogP contribution in [0.5, 0.6) is 0 Å². The second kappa shape index (κ2) is 9.07. The Bertz CT molecular complexity index is 964. The highest BCUT2D eigenvalue weighted by Crippen LogP contribution is 2.29. The molecule has 0 aliphatic carbocycles. The molecular weight excluding hydrogens is 422 g/mol. The molecule has 0 aliphatic heterocycles. The third kappa shape index (κ3) is 5.53. The van der Waals surface area contributed by atoms with Crippen molar-refractivity contribution >= 4 is 21.9 Å². The molecule has 5 atom stereocenters. The van der Waals surface area contributed by atoms with E-state index in [9.17, 15) is 38.7 Å². The summed E-state index contributed by atoms with van der Waals surface area (Å²) in [6.07, 6.45) is -6.05. The Kier molecular flexibility index (Phi) is 7.18. The molecule has 2 rings (SSSR count). The monoisotopic (exact) mass is 445 g/mol. The summed E-state index contributed by atoms with van der Waals surface area (Å²) >= 11 is 0.